The molecule has 0 saturated carbocycles. The summed E-state index contributed by atoms with van der Waals surface area (Å²) in [6, 6.07) is 2.23. The summed E-state index contributed by atoms with van der Waals surface area (Å²) in [5.41, 5.74) is 5.35. The summed E-state index contributed by atoms with van der Waals surface area (Å²) in [6.07, 6.45) is 0. The first kappa shape index (κ1) is 14.3. The number of hydrogen-bond acceptors (Lipinski definition) is 4. The zero-order chi connectivity index (χ0) is 13.1. The van der Waals surface area contributed by atoms with E-state index >= 15 is 0 Å². The van der Waals surface area contributed by atoms with E-state index in [1.165, 1.54) is 27.4 Å². The van der Waals surface area contributed by atoms with Gasteiger partial charge in [-0.15, -0.1) is 0 Å². The highest BCUT2D eigenvalue weighted by Crippen LogP contribution is 2.16. The molecule has 1 aromatic rings. The highest BCUT2D eigenvalue weighted by Gasteiger charge is 2.22. The van der Waals surface area contributed by atoms with Gasteiger partial charge in [-0.25, -0.2) is 0 Å². The van der Waals surface area contributed by atoms with Gasteiger partial charge < -0.3 is 16.5 Å². The maximum absolute atomic E-state index is 5.92. The second kappa shape index (κ2) is 6.39. The molecule has 0 bridgehead atoms. The first-order chi connectivity index (χ1) is 8.61. The Labute approximate surface area is 117 Å². The normalized spacial score (nSPS) is 25.4. The van der Waals surface area contributed by atoms with Gasteiger partial charge in [0.2, 0.25) is 0 Å². The summed E-state index contributed by atoms with van der Waals surface area (Å²) in [7, 11) is -4.35. The molecule has 1 saturated heterocycles. The minimum atomic E-state index is -1.78. The van der Waals surface area contributed by atoms with E-state index in [2.05, 4.69) is 33.8 Å². The van der Waals surface area contributed by atoms with Crippen LogP contribution in [0.4, 0.5) is 0 Å². The van der Waals surface area contributed by atoms with Crippen molar-refractivity contribution < 1.29 is 16.5 Å². The molecule has 1 aromatic carbocycles. The van der Waals surface area contributed by atoms with Gasteiger partial charge >= 0.3 is 9.28 Å². The first-order valence-corrected chi connectivity index (χ1v) is 11.1. The Hall–Kier alpha value is -0.0725. The number of rotatable bonds is 1. The molecule has 0 N–H and O–H groups in total. The van der Waals surface area contributed by atoms with Gasteiger partial charge in [0, 0.05) is 0 Å². The van der Waals surface area contributed by atoms with Gasteiger partial charge in [-0.3, -0.25) is 0 Å². The molecule has 1 fully saturated rings. The van der Waals surface area contributed by atoms with Crippen molar-refractivity contribution in [2.24, 2.45) is 0 Å². The van der Waals surface area contributed by atoms with E-state index in [-0.39, 0.29) is 0 Å². The van der Waals surface area contributed by atoms with E-state index in [4.69, 9.17) is 16.5 Å². The van der Waals surface area contributed by atoms with Crippen LogP contribution < -0.4 is 5.19 Å². The average molecular weight is 317 g/mol. The van der Waals surface area contributed by atoms with Crippen molar-refractivity contribution in [3.63, 3.8) is 0 Å². The van der Waals surface area contributed by atoms with E-state index in [0.717, 1.165) is 0 Å². The number of aryl methyl sites for hydroxylation is 1. The maximum atomic E-state index is 5.92. The summed E-state index contributed by atoms with van der Waals surface area (Å²) in [5, 5.41) is 1.27. The lowest BCUT2D eigenvalue weighted by atomic mass is 10.00. The molecule has 1 aliphatic heterocycles. The molecule has 1 heterocycles. The molecule has 0 amide bonds. The van der Waals surface area contributed by atoms with Crippen LogP contribution in [0.1, 0.15) is 22.3 Å². The molecule has 0 unspecified atom stereocenters. The van der Waals surface area contributed by atoms with Gasteiger partial charge in [-0.2, -0.15) is 0 Å². The van der Waals surface area contributed by atoms with E-state index in [0.29, 0.717) is 0 Å². The summed E-state index contributed by atoms with van der Waals surface area (Å²) in [5.74, 6) is 0. The summed E-state index contributed by atoms with van der Waals surface area (Å²) < 4.78 is 22.8. The molecule has 0 spiro atoms. The Morgan fingerprint density at radius 2 is 1.44 bits per heavy atom. The predicted octanol–water partition coefficient (Wildman–Crippen LogP) is -1.58. The molecule has 0 atom stereocenters. The molecule has 2 rings (SSSR count). The van der Waals surface area contributed by atoms with Crippen molar-refractivity contribution >= 4 is 44.5 Å². The highest BCUT2D eigenvalue weighted by molar-refractivity contribution is 6.70. The quantitative estimate of drug-likeness (QED) is 0.586. The summed E-state index contributed by atoms with van der Waals surface area (Å²) in [4.78, 5) is 0. The van der Waals surface area contributed by atoms with Gasteiger partial charge in [0.05, 0.1) is 0 Å². The smallest absolute Gasteiger partial charge is 0.337 e. The van der Waals surface area contributed by atoms with Gasteiger partial charge in [0.25, 0.3) is 30.0 Å². The van der Waals surface area contributed by atoms with Crippen molar-refractivity contribution in [1.29, 1.82) is 0 Å². The summed E-state index contributed by atoms with van der Waals surface area (Å²) in [6.45, 7) is 8.66. The van der Waals surface area contributed by atoms with Crippen LogP contribution in [0.15, 0.2) is 6.07 Å². The average Bonchev–Trinajstić information content (AvgIpc) is 2.32. The van der Waals surface area contributed by atoms with E-state index in [1.54, 1.807) is 0 Å². The second-order valence-corrected chi connectivity index (χ2v) is 12.5. The minimum absolute atomic E-state index is 0.787. The largest absolute Gasteiger partial charge is 0.425 e. The fourth-order valence-electron chi connectivity index (χ4n) is 2.06. The van der Waals surface area contributed by atoms with Crippen molar-refractivity contribution in [2.45, 2.75) is 27.7 Å². The van der Waals surface area contributed by atoms with Crippen LogP contribution >= 0.6 is 0 Å². The van der Waals surface area contributed by atoms with Crippen molar-refractivity contribution in [3.05, 3.63) is 28.3 Å². The Morgan fingerprint density at radius 1 is 0.833 bits per heavy atom. The molecular weight excluding hydrogens is 296 g/mol. The van der Waals surface area contributed by atoms with Crippen LogP contribution in [0.25, 0.3) is 0 Å². The van der Waals surface area contributed by atoms with Gasteiger partial charge in [0.15, 0.2) is 0 Å². The fourth-order valence-corrected chi connectivity index (χ4v) is 11.3. The van der Waals surface area contributed by atoms with E-state index in [9.17, 15) is 0 Å². The zero-order valence-corrected chi connectivity index (χ0v) is 16.8. The predicted molar refractivity (Wildman–Crippen MR) is 82.1 cm³/mol. The third-order valence-electron chi connectivity index (χ3n) is 3.55. The Bertz CT molecular complexity index is 432. The van der Waals surface area contributed by atoms with Crippen LogP contribution in [0.2, 0.25) is 0 Å². The lowest BCUT2D eigenvalue weighted by Crippen LogP contribution is -2.44. The Morgan fingerprint density at radius 3 is 2.06 bits per heavy atom. The molecule has 0 aliphatic carbocycles. The molecule has 1 aliphatic rings. The number of hydrogen-bond donors (Lipinski definition) is 0. The third kappa shape index (κ3) is 3.08. The molecule has 100 valence electrons. The summed E-state index contributed by atoms with van der Waals surface area (Å²) >= 11 is 0. The van der Waals surface area contributed by atoms with Crippen molar-refractivity contribution in [3.8, 4) is 0 Å². The fraction of sp³-hybridized carbons (Fsp3) is 0.400. The third-order valence-corrected chi connectivity index (χ3v) is 10.8. The Kier molecular flexibility index (Phi) is 5.09. The van der Waals surface area contributed by atoms with Crippen LogP contribution in [-0.4, -0.2) is 39.3 Å². The molecule has 0 radical (unpaired) electrons. The lowest BCUT2D eigenvalue weighted by molar-refractivity contribution is 0.337. The maximum Gasteiger partial charge on any atom is 0.337 e. The van der Waals surface area contributed by atoms with Crippen LogP contribution in [-0.2, 0) is 16.5 Å². The van der Waals surface area contributed by atoms with Gasteiger partial charge in [0.1, 0.15) is 0 Å². The highest BCUT2D eigenvalue weighted by atomic mass is 28.4. The van der Waals surface area contributed by atoms with Crippen molar-refractivity contribution in [1.82, 2.24) is 0 Å². The van der Waals surface area contributed by atoms with E-state index in [1.807, 2.05) is 0 Å². The standard InChI is InChI=1S/C10H20O4Si4/c1-6-5-10(9(4)8(3)7(6)2)18-13-16-11-15-12-17-14-18/h5,18H,15-17H2,1-4H3. The Balaban J connectivity index is 2.31. The minimum Gasteiger partial charge on any atom is -0.425 e. The topological polar surface area (TPSA) is 36.9 Å². The van der Waals surface area contributed by atoms with Crippen LogP contribution in [0, 0.1) is 27.7 Å². The molecule has 18 heavy (non-hydrogen) atoms. The SMILES string of the molecule is Cc1cc([SiH]2O[SiH2]O[SiH2]O[SiH2]O2)c(C)c(C)c1C. The van der Waals surface area contributed by atoms with Crippen molar-refractivity contribution in [2.75, 3.05) is 0 Å². The molecule has 0 aromatic heterocycles. The molecule has 8 heteroatoms. The number of benzene rings is 1. The zero-order valence-electron chi connectivity index (χ0n) is 11.4. The monoisotopic (exact) mass is 316 g/mol. The van der Waals surface area contributed by atoms with Gasteiger partial charge in [-0.1, -0.05) is 6.07 Å². The molecular formula is C10H20O4Si4. The van der Waals surface area contributed by atoms with Gasteiger partial charge in [-0.05, 0) is 55.1 Å². The second-order valence-electron chi connectivity index (χ2n) is 4.58. The molecule has 4 nitrogen and oxygen atoms in total. The van der Waals surface area contributed by atoms with Crippen LogP contribution in [0.5, 0.6) is 0 Å². The van der Waals surface area contributed by atoms with E-state index < -0.39 is 39.3 Å². The lowest BCUT2D eigenvalue weighted by Gasteiger charge is -2.24. The first-order valence-electron chi connectivity index (χ1n) is 6.07. The van der Waals surface area contributed by atoms with Crippen LogP contribution in [0.3, 0.4) is 0 Å².